The molecule has 220 valence electrons. The Balaban J connectivity index is 1.07. The maximum atomic E-state index is 5.12. The van der Waals surface area contributed by atoms with Crippen molar-refractivity contribution in [2.45, 2.75) is 19.0 Å². The molecule has 1 aliphatic heterocycles. The fourth-order valence-electron chi connectivity index (χ4n) is 7.66. The van der Waals surface area contributed by atoms with Crippen molar-refractivity contribution in [2.75, 3.05) is 4.90 Å². The van der Waals surface area contributed by atoms with Crippen LogP contribution >= 0.6 is 0 Å². The van der Waals surface area contributed by atoms with Gasteiger partial charge in [-0.2, -0.15) is 0 Å². The lowest BCUT2D eigenvalue weighted by Gasteiger charge is -2.40. The van der Waals surface area contributed by atoms with Crippen molar-refractivity contribution < 1.29 is 0 Å². The van der Waals surface area contributed by atoms with Crippen LogP contribution in [0, 0.1) is 11.8 Å². The Labute approximate surface area is 269 Å². The second kappa shape index (κ2) is 10.8. The molecule has 4 atom stereocenters. The zero-order chi connectivity index (χ0) is 30.6. The molecule has 4 heteroatoms. The van der Waals surface area contributed by atoms with Crippen LogP contribution in [0.15, 0.2) is 196 Å². The highest BCUT2D eigenvalue weighted by molar-refractivity contribution is 6.12. The Kier molecular flexibility index (Phi) is 6.27. The van der Waals surface area contributed by atoms with Crippen molar-refractivity contribution in [1.82, 2.24) is 9.97 Å². The number of allylic oxidation sites excluding steroid dienone is 14. The molecule has 3 heterocycles. The molecular formula is C42H32N4. The number of fused-ring (bicyclic) bond motifs is 2. The van der Waals surface area contributed by atoms with Crippen LogP contribution in [0.1, 0.15) is 12.5 Å². The van der Waals surface area contributed by atoms with Crippen LogP contribution in [0.4, 0.5) is 11.6 Å². The maximum absolute atomic E-state index is 5.12. The van der Waals surface area contributed by atoms with Gasteiger partial charge < -0.3 is 4.90 Å². The molecule has 3 aromatic rings. The third kappa shape index (κ3) is 4.33. The predicted octanol–water partition coefficient (Wildman–Crippen LogP) is 8.81. The molecule has 46 heavy (non-hydrogen) atoms. The number of aromatic nitrogens is 2. The summed E-state index contributed by atoms with van der Waals surface area (Å²) in [5, 5.41) is 0. The van der Waals surface area contributed by atoms with Crippen molar-refractivity contribution in [1.29, 1.82) is 0 Å². The summed E-state index contributed by atoms with van der Waals surface area (Å²) in [6.45, 7) is 2.29. The summed E-state index contributed by atoms with van der Waals surface area (Å²) in [4.78, 5) is 16.8. The van der Waals surface area contributed by atoms with Gasteiger partial charge in [0.05, 0.1) is 6.04 Å². The fourth-order valence-corrected chi connectivity index (χ4v) is 7.66. The Morgan fingerprint density at radius 1 is 0.696 bits per heavy atom. The predicted molar refractivity (Wildman–Crippen MR) is 188 cm³/mol. The second-order valence-electron chi connectivity index (χ2n) is 12.5. The zero-order valence-corrected chi connectivity index (χ0v) is 25.5. The highest BCUT2D eigenvalue weighted by atomic mass is 15.3. The Bertz CT molecular complexity index is 2060. The van der Waals surface area contributed by atoms with Gasteiger partial charge in [0.1, 0.15) is 17.7 Å². The van der Waals surface area contributed by atoms with Gasteiger partial charge in [-0.15, -0.1) is 0 Å². The molecule has 5 aliphatic carbocycles. The summed E-state index contributed by atoms with van der Waals surface area (Å²) in [5.41, 5.74) is 12.9. The van der Waals surface area contributed by atoms with E-state index in [0.29, 0.717) is 0 Å². The molecule has 0 spiro atoms. The Morgan fingerprint density at radius 3 is 2.22 bits per heavy atom. The fraction of sp³-hybridized carbons (Fsp3) is 0.119. The standard InChI is InChI=1S/C42H32N4/c1-27-23-30(16-20-37(27)46(38-11-5-7-21-43-38)39-12-6-8-22-44-39)34-17-13-29-14-19-36-41-31(15-18-35(34)40(29)41)24-32-25-33(26-45-42(32)36)28-9-3-2-4-10-28/h2-27,37,40,42H,1H3. The lowest BCUT2D eigenvalue weighted by Crippen LogP contribution is -2.36. The molecule has 0 amide bonds. The minimum atomic E-state index is 0.0323. The summed E-state index contributed by atoms with van der Waals surface area (Å²) in [6, 6.07) is 22.7. The number of rotatable bonds is 5. The number of nitrogens with zero attached hydrogens (tertiary/aromatic N) is 4. The maximum Gasteiger partial charge on any atom is 0.134 e. The van der Waals surface area contributed by atoms with E-state index < -0.39 is 0 Å². The smallest absolute Gasteiger partial charge is 0.134 e. The normalized spacial score (nSPS) is 25.2. The molecule has 4 nitrogen and oxygen atoms in total. The number of dihydropyridines is 1. The number of hydrogen-bond donors (Lipinski definition) is 0. The molecule has 2 aromatic heterocycles. The molecule has 6 aliphatic rings. The van der Waals surface area contributed by atoms with E-state index in [1.54, 1.807) is 0 Å². The van der Waals surface area contributed by atoms with Gasteiger partial charge in [-0.1, -0.05) is 104 Å². The molecule has 1 aromatic carbocycles. The van der Waals surface area contributed by atoms with Crippen LogP contribution in [-0.4, -0.2) is 28.3 Å². The van der Waals surface area contributed by atoms with Gasteiger partial charge in [0.2, 0.25) is 0 Å². The van der Waals surface area contributed by atoms with Crippen molar-refractivity contribution in [3.05, 3.63) is 196 Å². The van der Waals surface area contributed by atoms with Crippen LogP contribution < -0.4 is 4.90 Å². The molecule has 9 rings (SSSR count). The SMILES string of the molecule is CC1C=C(C2=C3C=CC4=C5C(=CC=C(C=C2)C35)C2N=CC(c3ccccc3)=CC2=C4)C=CC1N(c1ccccn1)c1ccccn1. The first-order chi connectivity index (χ1) is 22.7. The van der Waals surface area contributed by atoms with Gasteiger partial charge >= 0.3 is 0 Å². The monoisotopic (exact) mass is 592 g/mol. The second-order valence-corrected chi connectivity index (χ2v) is 12.5. The van der Waals surface area contributed by atoms with Crippen LogP contribution in [0.5, 0.6) is 0 Å². The van der Waals surface area contributed by atoms with Crippen molar-refractivity contribution in [3.8, 4) is 0 Å². The molecule has 0 fully saturated rings. The molecular weight excluding hydrogens is 560 g/mol. The van der Waals surface area contributed by atoms with Crippen LogP contribution in [-0.2, 0) is 0 Å². The average Bonchev–Trinajstić information content (AvgIpc) is 3.12. The van der Waals surface area contributed by atoms with Gasteiger partial charge in [0.15, 0.2) is 0 Å². The topological polar surface area (TPSA) is 41.4 Å². The van der Waals surface area contributed by atoms with E-state index in [9.17, 15) is 0 Å². The third-order valence-corrected chi connectivity index (χ3v) is 9.79. The molecule has 0 N–H and O–H groups in total. The van der Waals surface area contributed by atoms with Gasteiger partial charge in [-0.05, 0) is 98.1 Å². The molecule has 0 saturated heterocycles. The average molecular weight is 593 g/mol. The summed E-state index contributed by atoms with van der Waals surface area (Å²) in [7, 11) is 0. The largest absolute Gasteiger partial charge is 0.303 e. The van der Waals surface area contributed by atoms with Gasteiger partial charge in [0, 0.05) is 24.5 Å². The number of benzene rings is 1. The Hall–Kier alpha value is -5.61. The summed E-state index contributed by atoms with van der Waals surface area (Å²) in [6.07, 6.45) is 31.4. The zero-order valence-electron chi connectivity index (χ0n) is 25.5. The first kappa shape index (κ1) is 26.8. The first-order valence-electron chi connectivity index (χ1n) is 16.0. The third-order valence-electron chi connectivity index (χ3n) is 9.79. The van der Waals surface area contributed by atoms with Gasteiger partial charge in [0.25, 0.3) is 0 Å². The van der Waals surface area contributed by atoms with E-state index in [-0.39, 0.29) is 23.9 Å². The minimum absolute atomic E-state index is 0.0323. The highest BCUT2D eigenvalue weighted by Gasteiger charge is 2.39. The van der Waals surface area contributed by atoms with Crippen LogP contribution in [0.2, 0.25) is 0 Å². The number of anilines is 2. The molecule has 0 saturated carbocycles. The molecule has 4 unspecified atom stereocenters. The number of aliphatic imine (C=N–C) groups is 1. The number of pyridine rings is 2. The summed E-state index contributed by atoms with van der Waals surface area (Å²) in [5.74, 6) is 2.24. The first-order valence-corrected chi connectivity index (χ1v) is 16.0. The quantitative estimate of drug-likeness (QED) is 0.297. The van der Waals surface area contributed by atoms with E-state index >= 15 is 0 Å². The van der Waals surface area contributed by atoms with E-state index in [1.807, 2.05) is 36.7 Å². The van der Waals surface area contributed by atoms with Crippen molar-refractivity contribution >= 4 is 23.4 Å². The van der Waals surface area contributed by atoms with Crippen LogP contribution in [0.25, 0.3) is 5.57 Å². The van der Waals surface area contributed by atoms with Crippen molar-refractivity contribution in [2.24, 2.45) is 16.8 Å². The van der Waals surface area contributed by atoms with E-state index in [0.717, 1.165) is 17.2 Å². The number of hydrogen-bond acceptors (Lipinski definition) is 4. The van der Waals surface area contributed by atoms with E-state index in [4.69, 9.17) is 15.0 Å². The summed E-state index contributed by atoms with van der Waals surface area (Å²) < 4.78 is 0. The lowest BCUT2D eigenvalue weighted by atomic mass is 9.64. The van der Waals surface area contributed by atoms with E-state index in [1.165, 1.54) is 50.1 Å². The van der Waals surface area contributed by atoms with E-state index in [2.05, 4.69) is 127 Å². The summed E-state index contributed by atoms with van der Waals surface area (Å²) >= 11 is 0. The lowest BCUT2D eigenvalue weighted by molar-refractivity contribution is 0.598. The Morgan fingerprint density at radius 2 is 1.48 bits per heavy atom. The molecule has 0 radical (unpaired) electrons. The minimum Gasteiger partial charge on any atom is -0.303 e. The van der Waals surface area contributed by atoms with Gasteiger partial charge in [-0.3, -0.25) is 4.99 Å². The van der Waals surface area contributed by atoms with Crippen molar-refractivity contribution in [3.63, 3.8) is 0 Å². The highest BCUT2D eigenvalue weighted by Crippen LogP contribution is 2.51. The van der Waals surface area contributed by atoms with Gasteiger partial charge in [-0.25, -0.2) is 9.97 Å². The van der Waals surface area contributed by atoms with Crippen LogP contribution in [0.3, 0.4) is 0 Å². The molecule has 0 bridgehead atoms.